The molecular formula is C9H13NOS. The van der Waals surface area contributed by atoms with Gasteiger partial charge >= 0.3 is 0 Å². The highest BCUT2D eigenvalue weighted by Gasteiger charge is 1.93. The zero-order chi connectivity index (χ0) is 8.97. The minimum atomic E-state index is 0.0804. The number of pyridine rings is 1. The van der Waals surface area contributed by atoms with Crippen molar-refractivity contribution >= 4 is 12.6 Å². The first-order valence-electron chi connectivity index (χ1n) is 4.02. The molecule has 0 fully saturated rings. The molecule has 2 nitrogen and oxygen atoms in total. The molecule has 12 heavy (non-hydrogen) atoms. The van der Waals surface area contributed by atoms with Crippen LogP contribution in [0, 0.1) is 6.92 Å². The summed E-state index contributed by atoms with van der Waals surface area (Å²) in [6, 6.07) is 3.60. The van der Waals surface area contributed by atoms with Gasteiger partial charge in [0.25, 0.3) is 5.56 Å². The molecule has 0 aliphatic rings. The summed E-state index contributed by atoms with van der Waals surface area (Å²) in [6.45, 7) is 2.69. The molecule has 1 aromatic rings. The maximum atomic E-state index is 11.3. The molecule has 0 amide bonds. The molecule has 1 aromatic heterocycles. The first kappa shape index (κ1) is 9.39. The fourth-order valence-electron chi connectivity index (χ4n) is 1.03. The fraction of sp³-hybridized carbons (Fsp3) is 0.444. The molecular weight excluding hydrogens is 170 g/mol. The molecule has 0 spiro atoms. The minimum Gasteiger partial charge on any atom is -0.315 e. The van der Waals surface area contributed by atoms with Crippen LogP contribution in [-0.2, 0) is 6.54 Å². The lowest BCUT2D eigenvalue weighted by atomic mass is 10.3. The lowest BCUT2D eigenvalue weighted by molar-refractivity contribution is 0.658. The maximum Gasteiger partial charge on any atom is 0.250 e. The van der Waals surface area contributed by atoms with Crippen LogP contribution >= 0.6 is 12.6 Å². The molecule has 0 saturated carbocycles. The molecule has 0 radical (unpaired) electrons. The van der Waals surface area contributed by atoms with Crippen molar-refractivity contribution in [3.05, 3.63) is 34.2 Å². The minimum absolute atomic E-state index is 0.0804. The number of nitrogens with zero attached hydrogens (tertiary/aromatic N) is 1. The summed E-state index contributed by atoms with van der Waals surface area (Å²) < 4.78 is 1.71. The highest BCUT2D eigenvalue weighted by atomic mass is 32.1. The van der Waals surface area contributed by atoms with Gasteiger partial charge in [-0.15, -0.1) is 0 Å². The van der Waals surface area contributed by atoms with Gasteiger partial charge < -0.3 is 4.57 Å². The summed E-state index contributed by atoms with van der Waals surface area (Å²) >= 11 is 4.09. The molecule has 0 atom stereocenters. The van der Waals surface area contributed by atoms with Crippen LogP contribution in [0.3, 0.4) is 0 Å². The second kappa shape index (κ2) is 4.36. The van der Waals surface area contributed by atoms with Crippen LogP contribution in [0.1, 0.15) is 12.0 Å². The van der Waals surface area contributed by atoms with E-state index in [2.05, 4.69) is 12.6 Å². The molecule has 0 aromatic carbocycles. The van der Waals surface area contributed by atoms with Crippen LogP contribution in [0.4, 0.5) is 0 Å². The Balaban J connectivity index is 2.80. The summed E-state index contributed by atoms with van der Waals surface area (Å²) in [6.07, 6.45) is 2.77. The third-order valence-corrected chi connectivity index (χ3v) is 2.02. The summed E-state index contributed by atoms with van der Waals surface area (Å²) in [5.74, 6) is 0.820. The zero-order valence-electron chi connectivity index (χ0n) is 7.16. The molecule has 0 N–H and O–H groups in total. The van der Waals surface area contributed by atoms with Crippen LogP contribution in [0.15, 0.2) is 23.1 Å². The van der Waals surface area contributed by atoms with Crippen LogP contribution in [0.25, 0.3) is 0 Å². The average Bonchev–Trinajstić information content (AvgIpc) is 2.03. The van der Waals surface area contributed by atoms with Crippen LogP contribution < -0.4 is 5.56 Å². The number of hydrogen-bond acceptors (Lipinski definition) is 2. The van der Waals surface area contributed by atoms with Crippen molar-refractivity contribution in [2.45, 2.75) is 19.9 Å². The third-order valence-electron chi connectivity index (χ3n) is 1.71. The van der Waals surface area contributed by atoms with Gasteiger partial charge in [0.15, 0.2) is 0 Å². The molecule has 0 bridgehead atoms. The third kappa shape index (κ3) is 2.41. The van der Waals surface area contributed by atoms with Gasteiger partial charge in [0.2, 0.25) is 0 Å². The lowest BCUT2D eigenvalue weighted by Gasteiger charge is -2.03. The zero-order valence-corrected chi connectivity index (χ0v) is 8.05. The summed E-state index contributed by atoms with van der Waals surface area (Å²) in [5, 5.41) is 0. The van der Waals surface area contributed by atoms with Gasteiger partial charge in [-0.3, -0.25) is 4.79 Å². The molecule has 3 heteroatoms. The van der Waals surface area contributed by atoms with E-state index >= 15 is 0 Å². The van der Waals surface area contributed by atoms with E-state index in [1.807, 2.05) is 19.2 Å². The number of hydrogen-bond donors (Lipinski definition) is 1. The summed E-state index contributed by atoms with van der Waals surface area (Å²) in [5.41, 5.74) is 1.10. The number of aromatic nitrogens is 1. The van der Waals surface area contributed by atoms with E-state index in [0.29, 0.717) is 0 Å². The van der Waals surface area contributed by atoms with Crippen molar-refractivity contribution in [3.63, 3.8) is 0 Å². The number of aryl methyl sites for hydroxylation is 2. The van der Waals surface area contributed by atoms with Gasteiger partial charge in [-0.1, -0.05) is 0 Å². The molecule has 0 aliphatic carbocycles. The average molecular weight is 183 g/mol. The van der Waals surface area contributed by atoms with Crippen molar-refractivity contribution < 1.29 is 0 Å². The van der Waals surface area contributed by atoms with Crippen molar-refractivity contribution in [2.75, 3.05) is 5.75 Å². The van der Waals surface area contributed by atoms with E-state index in [1.54, 1.807) is 10.6 Å². The van der Waals surface area contributed by atoms with Gasteiger partial charge in [0.05, 0.1) is 0 Å². The van der Waals surface area contributed by atoms with E-state index in [0.717, 1.165) is 24.3 Å². The Bertz CT molecular complexity index is 306. The largest absolute Gasteiger partial charge is 0.315 e. The van der Waals surface area contributed by atoms with Crippen molar-refractivity contribution in [1.29, 1.82) is 0 Å². The second-order valence-electron chi connectivity index (χ2n) is 2.81. The molecule has 66 valence electrons. The Morgan fingerprint density at radius 2 is 2.33 bits per heavy atom. The van der Waals surface area contributed by atoms with Gasteiger partial charge in [-0.2, -0.15) is 12.6 Å². The lowest BCUT2D eigenvalue weighted by Crippen LogP contribution is -2.18. The van der Waals surface area contributed by atoms with Crippen molar-refractivity contribution in [1.82, 2.24) is 4.57 Å². The van der Waals surface area contributed by atoms with Crippen LogP contribution in [0.5, 0.6) is 0 Å². The Labute approximate surface area is 77.6 Å². The fourth-order valence-corrected chi connectivity index (χ4v) is 1.17. The molecule has 0 saturated heterocycles. The normalized spacial score (nSPS) is 10.2. The predicted octanol–water partition coefficient (Wildman–Crippen LogP) is 1.48. The van der Waals surface area contributed by atoms with E-state index in [1.165, 1.54) is 0 Å². The summed E-state index contributed by atoms with van der Waals surface area (Å²) in [4.78, 5) is 11.3. The number of rotatable bonds is 3. The summed E-state index contributed by atoms with van der Waals surface area (Å²) in [7, 11) is 0. The molecule has 1 heterocycles. The van der Waals surface area contributed by atoms with Crippen molar-refractivity contribution in [3.8, 4) is 0 Å². The second-order valence-corrected chi connectivity index (χ2v) is 3.26. The highest BCUT2D eigenvalue weighted by Crippen LogP contribution is 1.93. The Morgan fingerprint density at radius 1 is 1.58 bits per heavy atom. The number of thiol groups is 1. The maximum absolute atomic E-state index is 11.3. The molecule has 0 aliphatic heterocycles. The predicted molar refractivity (Wildman–Crippen MR) is 53.9 cm³/mol. The monoisotopic (exact) mass is 183 g/mol. The van der Waals surface area contributed by atoms with Gasteiger partial charge in [-0.25, -0.2) is 0 Å². The van der Waals surface area contributed by atoms with E-state index in [4.69, 9.17) is 0 Å². The van der Waals surface area contributed by atoms with Gasteiger partial charge in [0, 0.05) is 18.8 Å². The quantitative estimate of drug-likeness (QED) is 0.704. The first-order chi connectivity index (χ1) is 5.74. The Morgan fingerprint density at radius 3 is 2.92 bits per heavy atom. The standard InChI is InChI=1S/C9H13NOS/c1-8-3-5-10(4-2-6-12)9(11)7-8/h3,5,7,12H,2,4,6H2,1H3. The highest BCUT2D eigenvalue weighted by molar-refractivity contribution is 7.80. The molecule has 0 unspecified atom stereocenters. The van der Waals surface area contributed by atoms with Crippen LogP contribution in [-0.4, -0.2) is 10.3 Å². The SMILES string of the molecule is Cc1ccn(CCCS)c(=O)c1. The first-order valence-corrected chi connectivity index (χ1v) is 4.65. The smallest absolute Gasteiger partial charge is 0.250 e. The Hall–Kier alpha value is -0.700. The van der Waals surface area contributed by atoms with Crippen LogP contribution in [0.2, 0.25) is 0 Å². The van der Waals surface area contributed by atoms with E-state index < -0.39 is 0 Å². The van der Waals surface area contributed by atoms with E-state index in [9.17, 15) is 4.79 Å². The van der Waals surface area contributed by atoms with E-state index in [-0.39, 0.29) is 5.56 Å². The Kier molecular flexibility index (Phi) is 3.41. The van der Waals surface area contributed by atoms with Gasteiger partial charge in [0.1, 0.15) is 0 Å². The topological polar surface area (TPSA) is 22.0 Å². The van der Waals surface area contributed by atoms with Crippen molar-refractivity contribution in [2.24, 2.45) is 0 Å². The van der Waals surface area contributed by atoms with Gasteiger partial charge in [-0.05, 0) is 30.7 Å². The molecule has 1 rings (SSSR count).